The average Bonchev–Trinajstić information content (AvgIpc) is 2.87. The van der Waals surface area contributed by atoms with Crippen LogP contribution in [-0.2, 0) is 10.0 Å². The molecular weight excluding hydrogens is 332 g/mol. The SMILES string of the molecule is CC(=O)c1cccc(S(=O)(=O)Nc2nc3ccc(C)cc3s2)c1. The number of aryl methyl sites for hydroxylation is 1. The zero-order valence-corrected chi connectivity index (χ0v) is 14.2. The van der Waals surface area contributed by atoms with Crippen molar-refractivity contribution in [3.05, 3.63) is 53.6 Å². The molecule has 0 amide bonds. The fraction of sp³-hybridized carbons (Fsp3) is 0.125. The number of ketones is 1. The van der Waals surface area contributed by atoms with Crippen LogP contribution in [0.4, 0.5) is 5.13 Å². The number of carbonyl (C=O) groups excluding carboxylic acids is 1. The highest BCUT2D eigenvalue weighted by molar-refractivity contribution is 7.93. The Morgan fingerprint density at radius 3 is 2.70 bits per heavy atom. The normalized spacial score (nSPS) is 11.6. The third kappa shape index (κ3) is 3.25. The maximum Gasteiger partial charge on any atom is 0.263 e. The molecular formula is C16H14N2O3S2. The monoisotopic (exact) mass is 346 g/mol. The van der Waals surface area contributed by atoms with Crippen LogP contribution in [0.3, 0.4) is 0 Å². The topological polar surface area (TPSA) is 76.1 Å². The van der Waals surface area contributed by atoms with E-state index in [9.17, 15) is 13.2 Å². The lowest BCUT2D eigenvalue weighted by Gasteiger charge is -2.06. The highest BCUT2D eigenvalue weighted by Crippen LogP contribution is 2.28. The molecule has 118 valence electrons. The van der Waals surface area contributed by atoms with Crippen LogP contribution in [0.15, 0.2) is 47.4 Å². The molecule has 0 aliphatic rings. The quantitative estimate of drug-likeness (QED) is 0.732. The molecule has 1 N–H and O–H groups in total. The maximum atomic E-state index is 12.5. The van der Waals surface area contributed by atoms with Crippen LogP contribution >= 0.6 is 11.3 Å². The summed E-state index contributed by atoms with van der Waals surface area (Å²) in [6.07, 6.45) is 0. The molecule has 0 radical (unpaired) electrons. The first-order chi connectivity index (χ1) is 10.8. The minimum Gasteiger partial charge on any atom is -0.295 e. The lowest BCUT2D eigenvalue weighted by Crippen LogP contribution is -2.13. The standard InChI is InChI=1S/C16H14N2O3S2/c1-10-6-7-14-15(8-10)22-16(17-14)18-23(20,21)13-5-3-4-12(9-13)11(2)19/h3-9H,1-2H3,(H,17,18). The van der Waals surface area contributed by atoms with E-state index in [-0.39, 0.29) is 10.7 Å². The molecule has 3 rings (SSSR count). The Labute approximate surface area is 138 Å². The smallest absolute Gasteiger partial charge is 0.263 e. The van der Waals surface area contributed by atoms with E-state index in [0.717, 1.165) is 15.8 Å². The molecule has 0 spiro atoms. The van der Waals surface area contributed by atoms with Crippen LogP contribution in [0.25, 0.3) is 10.2 Å². The van der Waals surface area contributed by atoms with Gasteiger partial charge in [-0.05, 0) is 43.7 Å². The third-order valence-corrected chi connectivity index (χ3v) is 5.72. The number of nitrogens with zero attached hydrogens (tertiary/aromatic N) is 1. The number of Topliss-reactive ketones (excluding diaryl/α,β-unsaturated/α-hetero) is 1. The van der Waals surface area contributed by atoms with Gasteiger partial charge in [0.2, 0.25) is 0 Å². The van der Waals surface area contributed by atoms with Crippen molar-refractivity contribution < 1.29 is 13.2 Å². The molecule has 0 saturated heterocycles. The summed E-state index contributed by atoms with van der Waals surface area (Å²) in [5.41, 5.74) is 2.19. The van der Waals surface area contributed by atoms with E-state index in [1.165, 1.54) is 30.4 Å². The lowest BCUT2D eigenvalue weighted by atomic mass is 10.2. The number of benzene rings is 2. The first-order valence-corrected chi connectivity index (χ1v) is 9.16. The molecule has 0 fully saturated rings. The highest BCUT2D eigenvalue weighted by atomic mass is 32.2. The van der Waals surface area contributed by atoms with Crippen LogP contribution in [0.2, 0.25) is 0 Å². The maximum absolute atomic E-state index is 12.5. The van der Waals surface area contributed by atoms with Gasteiger partial charge in [-0.1, -0.05) is 29.5 Å². The largest absolute Gasteiger partial charge is 0.295 e. The van der Waals surface area contributed by atoms with E-state index < -0.39 is 10.0 Å². The summed E-state index contributed by atoms with van der Waals surface area (Å²) in [4.78, 5) is 15.7. The molecule has 0 unspecified atom stereocenters. The molecule has 23 heavy (non-hydrogen) atoms. The third-order valence-electron chi connectivity index (χ3n) is 3.32. The van der Waals surface area contributed by atoms with E-state index in [1.807, 2.05) is 25.1 Å². The summed E-state index contributed by atoms with van der Waals surface area (Å²) < 4.78 is 28.3. The summed E-state index contributed by atoms with van der Waals surface area (Å²) in [5, 5.41) is 0.304. The summed E-state index contributed by atoms with van der Waals surface area (Å²) in [6, 6.07) is 11.7. The Bertz CT molecular complexity index is 1010. The number of nitrogens with one attached hydrogen (secondary N) is 1. The van der Waals surface area contributed by atoms with Gasteiger partial charge in [-0.2, -0.15) is 0 Å². The number of hydrogen-bond acceptors (Lipinski definition) is 5. The molecule has 0 aliphatic heterocycles. The number of hydrogen-bond donors (Lipinski definition) is 1. The molecule has 3 aromatic rings. The number of fused-ring (bicyclic) bond motifs is 1. The van der Waals surface area contributed by atoms with Gasteiger partial charge < -0.3 is 0 Å². The van der Waals surface area contributed by atoms with Crippen molar-refractivity contribution in [2.45, 2.75) is 18.7 Å². The first kappa shape index (κ1) is 15.6. The van der Waals surface area contributed by atoms with E-state index in [4.69, 9.17) is 0 Å². The minimum absolute atomic E-state index is 0.0423. The Morgan fingerprint density at radius 2 is 1.96 bits per heavy atom. The lowest BCUT2D eigenvalue weighted by molar-refractivity contribution is 0.101. The molecule has 5 nitrogen and oxygen atoms in total. The van der Waals surface area contributed by atoms with Crippen LogP contribution in [-0.4, -0.2) is 19.2 Å². The number of aromatic nitrogens is 1. The second kappa shape index (κ2) is 5.75. The van der Waals surface area contributed by atoms with Gasteiger partial charge in [-0.15, -0.1) is 0 Å². The van der Waals surface area contributed by atoms with E-state index in [0.29, 0.717) is 10.7 Å². The van der Waals surface area contributed by atoms with Crippen molar-refractivity contribution in [1.82, 2.24) is 4.98 Å². The van der Waals surface area contributed by atoms with Crippen LogP contribution in [0.1, 0.15) is 22.8 Å². The van der Waals surface area contributed by atoms with Crippen molar-refractivity contribution in [2.24, 2.45) is 0 Å². The van der Waals surface area contributed by atoms with E-state index >= 15 is 0 Å². The summed E-state index contributed by atoms with van der Waals surface area (Å²) >= 11 is 1.28. The minimum atomic E-state index is -3.78. The molecule has 0 aliphatic carbocycles. The van der Waals surface area contributed by atoms with Crippen molar-refractivity contribution >= 4 is 42.5 Å². The predicted octanol–water partition coefficient (Wildman–Crippen LogP) is 3.61. The van der Waals surface area contributed by atoms with Gasteiger partial charge in [0.15, 0.2) is 10.9 Å². The van der Waals surface area contributed by atoms with Gasteiger partial charge in [0, 0.05) is 5.56 Å². The van der Waals surface area contributed by atoms with Gasteiger partial charge >= 0.3 is 0 Å². The second-order valence-electron chi connectivity index (χ2n) is 5.18. The van der Waals surface area contributed by atoms with Gasteiger partial charge in [0.05, 0.1) is 15.1 Å². The van der Waals surface area contributed by atoms with Gasteiger partial charge in [-0.3, -0.25) is 9.52 Å². The zero-order chi connectivity index (χ0) is 16.6. The van der Waals surface area contributed by atoms with Crippen molar-refractivity contribution in [2.75, 3.05) is 4.72 Å². The fourth-order valence-corrected chi connectivity index (χ4v) is 4.38. The van der Waals surface area contributed by atoms with Gasteiger partial charge in [0.1, 0.15) is 0 Å². The molecule has 0 saturated carbocycles. The number of carbonyl (C=O) groups is 1. The number of sulfonamides is 1. The Balaban J connectivity index is 1.96. The van der Waals surface area contributed by atoms with Gasteiger partial charge in [-0.25, -0.2) is 13.4 Å². The molecule has 1 aromatic heterocycles. The van der Waals surface area contributed by atoms with Gasteiger partial charge in [0.25, 0.3) is 10.0 Å². The van der Waals surface area contributed by atoms with Crippen LogP contribution < -0.4 is 4.72 Å². The molecule has 7 heteroatoms. The Kier molecular flexibility index (Phi) is 3.91. The highest BCUT2D eigenvalue weighted by Gasteiger charge is 2.17. The zero-order valence-electron chi connectivity index (χ0n) is 12.5. The molecule has 2 aromatic carbocycles. The summed E-state index contributed by atoms with van der Waals surface area (Å²) in [7, 11) is -3.78. The second-order valence-corrected chi connectivity index (χ2v) is 7.89. The number of thiazole rings is 1. The summed E-state index contributed by atoms with van der Waals surface area (Å²) in [6.45, 7) is 3.37. The van der Waals surface area contributed by atoms with Crippen molar-refractivity contribution in [3.63, 3.8) is 0 Å². The average molecular weight is 346 g/mol. The molecule has 0 bridgehead atoms. The van der Waals surface area contributed by atoms with E-state index in [1.54, 1.807) is 12.1 Å². The van der Waals surface area contributed by atoms with Crippen molar-refractivity contribution in [1.29, 1.82) is 0 Å². The van der Waals surface area contributed by atoms with Crippen LogP contribution in [0.5, 0.6) is 0 Å². The predicted molar refractivity (Wildman–Crippen MR) is 91.6 cm³/mol. The summed E-state index contributed by atoms with van der Waals surface area (Å²) in [5.74, 6) is -0.183. The molecule has 1 heterocycles. The van der Waals surface area contributed by atoms with Crippen LogP contribution in [0, 0.1) is 6.92 Å². The Hall–Kier alpha value is -2.25. The van der Waals surface area contributed by atoms with Crippen molar-refractivity contribution in [3.8, 4) is 0 Å². The number of anilines is 1. The van der Waals surface area contributed by atoms with E-state index in [2.05, 4.69) is 9.71 Å². The number of rotatable bonds is 4. The molecule has 0 atom stereocenters. The fourth-order valence-electron chi connectivity index (χ4n) is 2.13. The first-order valence-electron chi connectivity index (χ1n) is 6.86. The Morgan fingerprint density at radius 1 is 1.17 bits per heavy atom.